The predicted octanol–water partition coefficient (Wildman–Crippen LogP) is 1.24. The van der Waals surface area contributed by atoms with Crippen molar-refractivity contribution in [3.05, 3.63) is 29.1 Å². The minimum absolute atomic E-state index is 0.167. The van der Waals surface area contributed by atoms with Crippen LogP contribution >= 0.6 is 0 Å². The van der Waals surface area contributed by atoms with E-state index in [1.54, 1.807) is 13.1 Å². The minimum atomic E-state index is 0.167. The molecule has 1 aliphatic rings. The van der Waals surface area contributed by atoms with Gasteiger partial charge < -0.3 is 4.74 Å². The van der Waals surface area contributed by atoms with Crippen molar-refractivity contribution in [1.29, 1.82) is 0 Å². The molecule has 0 unspecified atom stereocenters. The zero-order valence-electron chi connectivity index (χ0n) is 7.54. The second kappa shape index (κ2) is 3.26. The number of aromatic nitrogens is 1. The zero-order chi connectivity index (χ0) is 9.26. The van der Waals surface area contributed by atoms with Gasteiger partial charge in [0.15, 0.2) is 0 Å². The molecular formula is C10H11NO2. The molecule has 0 saturated heterocycles. The quantitative estimate of drug-likeness (QED) is 0.682. The Labute approximate surface area is 76.7 Å². The molecule has 2 rings (SSSR count). The lowest BCUT2D eigenvalue weighted by Crippen LogP contribution is -1.99. The molecule has 3 nitrogen and oxygen atoms in total. The summed E-state index contributed by atoms with van der Waals surface area (Å²) in [5, 5.41) is 0. The first kappa shape index (κ1) is 8.38. The van der Waals surface area contributed by atoms with E-state index < -0.39 is 0 Å². The predicted molar refractivity (Wildman–Crippen MR) is 47.1 cm³/mol. The first-order chi connectivity index (χ1) is 6.25. The van der Waals surface area contributed by atoms with Crippen molar-refractivity contribution in [1.82, 2.24) is 4.98 Å². The Morgan fingerprint density at radius 2 is 2.46 bits per heavy atom. The first-order valence-electron chi connectivity index (χ1n) is 4.29. The summed E-state index contributed by atoms with van der Waals surface area (Å²) in [6.07, 6.45) is 2.23. The lowest BCUT2D eigenvalue weighted by molar-refractivity contribution is -0.116. The normalized spacial score (nSPS) is 14.2. The van der Waals surface area contributed by atoms with Gasteiger partial charge in [-0.2, -0.15) is 0 Å². The van der Waals surface area contributed by atoms with Crippen LogP contribution in [0.4, 0.5) is 0 Å². The molecule has 1 aromatic heterocycles. The van der Waals surface area contributed by atoms with Crippen molar-refractivity contribution in [2.75, 3.05) is 0 Å². The number of hydrogen-bond acceptors (Lipinski definition) is 3. The molecule has 0 aromatic carbocycles. The molecule has 2 heterocycles. The van der Waals surface area contributed by atoms with Crippen molar-refractivity contribution < 1.29 is 9.53 Å². The van der Waals surface area contributed by atoms with E-state index >= 15 is 0 Å². The Morgan fingerprint density at radius 1 is 1.62 bits per heavy atom. The van der Waals surface area contributed by atoms with Gasteiger partial charge in [-0.3, -0.25) is 9.78 Å². The number of nitrogens with zero attached hydrogens (tertiary/aromatic N) is 1. The van der Waals surface area contributed by atoms with Crippen LogP contribution in [0.2, 0.25) is 0 Å². The van der Waals surface area contributed by atoms with Crippen molar-refractivity contribution in [3.8, 4) is 0 Å². The van der Waals surface area contributed by atoms with Gasteiger partial charge in [-0.15, -0.1) is 0 Å². The Balaban J connectivity index is 2.25. The molecule has 0 amide bonds. The van der Waals surface area contributed by atoms with E-state index in [0.717, 1.165) is 16.8 Å². The summed E-state index contributed by atoms with van der Waals surface area (Å²) in [7, 11) is 0. The van der Waals surface area contributed by atoms with Gasteiger partial charge in [0.2, 0.25) is 0 Å². The second-order valence-corrected chi connectivity index (χ2v) is 3.32. The zero-order valence-corrected chi connectivity index (χ0v) is 7.54. The van der Waals surface area contributed by atoms with E-state index in [4.69, 9.17) is 4.74 Å². The SMILES string of the molecule is CC(=O)Cc1cnc2c(c1)COC2. The molecule has 68 valence electrons. The average molecular weight is 177 g/mol. The maximum Gasteiger partial charge on any atom is 0.134 e. The van der Waals surface area contributed by atoms with Gasteiger partial charge in [-0.1, -0.05) is 0 Å². The number of hydrogen-bond donors (Lipinski definition) is 0. The Morgan fingerprint density at radius 3 is 3.23 bits per heavy atom. The number of Topliss-reactive ketones (excluding diaryl/α,β-unsaturated/α-hetero) is 1. The third-order valence-corrected chi connectivity index (χ3v) is 2.07. The van der Waals surface area contributed by atoms with Gasteiger partial charge in [0.25, 0.3) is 0 Å². The molecule has 1 aliphatic heterocycles. The highest BCUT2D eigenvalue weighted by molar-refractivity contribution is 5.78. The van der Waals surface area contributed by atoms with Gasteiger partial charge in [-0.25, -0.2) is 0 Å². The summed E-state index contributed by atoms with van der Waals surface area (Å²) < 4.78 is 5.23. The topological polar surface area (TPSA) is 39.2 Å². The van der Waals surface area contributed by atoms with Crippen molar-refractivity contribution >= 4 is 5.78 Å². The molecular weight excluding hydrogens is 166 g/mol. The number of fused-ring (bicyclic) bond motifs is 1. The molecule has 0 atom stereocenters. The smallest absolute Gasteiger partial charge is 0.134 e. The van der Waals surface area contributed by atoms with Gasteiger partial charge in [0, 0.05) is 18.2 Å². The Kier molecular flexibility index (Phi) is 2.10. The second-order valence-electron chi connectivity index (χ2n) is 3.32. The van der Waals surface area contributed by atoms with Crippen LogP contribution in [-0.2, 0) is 29.2 Å². The molecule has 0 saturated carbocycles. The van der Waals surface area contributed by atoms with E-state index in [2.05, 4.69) is 4.98 Å². The Hall–Kier alpha value is -1.22. The van der Waals surface area contributed by atoms with Crippen LogP contribution in [0.1, 0.15) is 23.7 Å². The fraction of sp³-hybridized carbons (Fsp3) is 0.400. The lowest BCUT2D eigenvalue weighted by atomic mass is 10.1. The van der Waals surface area contributed by atoms with Crippen LogP contribution in [0.5, 0.6) is 0 Å². The first-order valence-corrected chi connectivity index (χ1v) is 4.29. The van der Waals surface area contributed by atoms with Crippen LogP contribution in [-0.4, -0.2) is 10.8 Å². The maximum absolute atomic E-state index is 10.9. The van der Waals surface area contributed by atoms with Crippen molar-refractivity contribution in [3.63, 3.8) is 0 Å². The molecule has 0 fully saturated rings. The standard InChI is InChI=1S/C10H11NO2/c1-7(12)2-8-3-9-5-13-6-10(9)11-4-8/h3-4H,2,5-6H2,1H3. The van der Waals surface area contributed by atoms with Gasteiger partial charge in [0.1, 0.15) is 5.78 Å². The third-order valence-electron chi connectivity index (χ3n) is 2.07. The fourth-order valence-electron chi connectivity index (χ4n) is 1.48. The molecule has 3 heteroatoms. The molecule has 0 radical (unpaired) electrons. The molecule has 0 N–H and O–H groups in total. The molecule has 13 heavy (non-hydrogen) atoms. The number of rotatable bonds is 2. The molecule has 0 bridgehead atoms. The number of pyridine rings is 1. The van der Waals surface area contributed by atoms with Crippen LogP contribution in [0.15, 0.2) is 12.3 Å². The number of ketones is 1. The molecule has 0 spiro atoms. The van der Waals surface area contributed by atoms with E-state index in [1.807, 2.05) is 6.07 Å². The summed E-state index contributed by atoms with van der Waals surface area (Å²) in [5.74, 6) is 0.167. The van der Waals surface area contributed by atoms with Crippen molar-refractivity contribution in [2.45, 2.75) is 26.6 Å². The monoisotopic (exact) mass is 177 g/mol. The van der Waals surface area contributed by atoms with Gasteiger partial charge in [0.05, 0.1) is 18.9 Å². The van der Waals surface area contributed by atoms with Crippen LogP contribution in [0.25, 0.3) is 0 Å². The minimum Gasteiger partial charge on any atom is -0.370 e. The number of carbonyl (C=O) groups excluding carboxylic acids is 1. The summed E-state index contributed by atoms with van der Waals surface area (Å²) in [6, 6.07) is 2.01. The molecule has 0 aliphatic carbocycles. The highest BCUT2D eigenvalue weighted by Gasteiger charge is 2.12. The summed E-state index contributed by atoms with van der Waals surface area (Å²) >= 11 is 0. The summed E-state index contributed by atoms with van der Waals surface area (Å²) in [6.45, 7) is 2.83. The van der Waals surface area contributed by atoms with Crippen LogP contribution in [0, 0.1) is 0 Å². The highest BCUT2D eigenvalue weighted by Crippen LogP contribution is 2.18. The fourth-order valence-corrected chi connectivity index (χ4v) is 1.48. The van der Waals surface area contributed by atoms with E-state index in [-0.39, 0.29) is 5.78 Å². The Bertz CT molecular complexity index is 347. The largest absolute Gasteiger partial charge is 0.370 e. The third kappa shape index (κ3) is 1.75. The molecule has 1 aromatic rings. The number of ether oxygens (including phenoxy) is 1. The lowest BCUT2D eigenvalue weighted by Gasteiger charge is -1.99. The summed E-state index contributed by atoms with van der Waals surface area (Å²) in [4.78, 5) is 15.1. The summed E-state index contributed by atoms with van der Waals surface area (Å²) in [5.41, 5.74) is 3.11. The van der Waals surface area contributed by atoms with E-state index in [0.29, 0.717) is 19.6 Å². The van der Waals surface area contributed by atoms with Crippen molar-refractivity contribution in [2.24, 2.45) is 0 Å². The average Bonchev–Trinajstić information content (AvgIpc) is 2.49. The highest BCUT2D eigenvalue weighted by atomic mass is 16.5. The van der Waals surface area contributed by atoms with E-state index in [1.165, 1.54) is 0 Å². The van der Waals surface area contributed by atoms with Gasteiger partial charge in [-0.05, 0) is 18.6 Å². The maximum atomic E-state index is 10.9. The number of carbonyl (C=O) groups is 1. The van der Waals surface area contributed by atoms with Gasteiger partial charge >= 0.3 is 0 Å². The van der Waals surface area contributed by atoms with Crippen LogP contribution < -0.4 is 0 Å². The van der Waals surface area contributed by atoms with Crippen LogP contribution in [0.3, 0.4) is 0 Å². The van der Waals surface area contributed by atoms with E-state index in [9.17, 15) is 4.79 Å².